The molecule has 1 aromatic carbocycles. The minimum absolute atomic E-state index is 0.0425. The van der Waals surface area contributed by atoms with E-state index in [4.69, 9.17) is 5.73 Å². The number of hydrogen-bond donors (Lipinski definition) is 2. The average molecular weight is 291 g/mol. The van der Waals surface area contributed by atoms with Crippen LogP contribution < -0.4 is 11.1 Å². The van der Waals surface area contributed by atoms with E-state index < -0.39 is 11.7 Å². The van der Waals surface area contributed by atoms with Crippen LogP contribution in [-0.2, 0) is 0 Å². The molecule has 0 aliphatic rings. The fourth-order valence-electron chi connectivity index (χ4n) is 1.78. The van der Waals surface area contributed by atoms with Gasteiger partial charge in [-0.25, -0.2) is 4.39 Å². The van der Waals surface area contributed by atoms with Crippen LogP contribution in [0.25, 0.3) is 0 Å². The van der Waals surface area contributed by atoms with E-state index in [0.29, 0.717) is 12.1 Å². The maximum Gasteiger partial charge on any atom is 0.254 e. The van der Waals surface area contributed by atoms with Crippen molar-refractivity contribution >= 4 is 5.91 Å². The van der Waals surface area contributed by atoms with E-state index in [-0.39, 0.29) is 12.1 Å². The molecule has 0 saturated heterocycles. The molecule has 0 unspecified atom stereocenters. The van der Waals surface area contributed by atoms with Crippen LogP contribution in [0, 0.1) is 17.7 Å². The van der Waals surface area contributed by atoms with Crippen molar-refractivity contribution < 1.29 is 9.18 Å². The molecule has 0 bridgehead atoms. The van der Waals surface area contributed by atoms with Crippen molar-refractivity contribution in [2.75, 3.05) is 33.7 Å². The summed E-state index contributed by atoms with van der Waals surface area (Å²) in [5.74, 6) is 4.42. The Morgan fingerprint density at radius 2 is 2.14 bits per heavy atom. The van der Waals surface area contributed by atoms with Gasteiger partial charge in [-0.15, -0.1) is 0 Å². The molecule has 4 nitrogen and oxygen atoms in total. The van der Waals surface area contributed by atoms with Crippen molar-refractivity contribution in [3.05, 3.63) is 35.1 Å². The Labute approximate surface area is 125 Å². The quantitative estimate of drug-likeness (QED) is 0.612. The topological polar surface area (TPSA) is 58.4 Å². The van der Waals surface area contributed by atoms with E-state index in [1.807, 2.05) is 14.1 Å². The van der Waals surface area contributed by atoms with Gasteiger partial charge < -0.3 is 16.0 Å². The van der Waals surface area contributed by atoms with Gasteiger partial charge in [-0.2, -0.15) is 0 Å². The predicted molar refractivity (Wildman–Crippen MR) is 82.5 cm³/mol. The molecular weight excluding hydrogens is 269 g/mol. The van der Waals surface area contributed by atoms with Gasteiger partial charge in [0.2, 0.25) is 0 Å². The molecule has 0 saturated carbocycles. The van der Waals surface area contributed by atoms with E-state index >= 15 is 0 Å². The monoisotopic (exact) mass is 291 g/mol. The number of hydrogen-bond acceptors (Lipinski definition) is 3. The Kier molecular flexibility index (Phi) is 7.44. The maximum atomic E-state index is 13.8. The number of carbonyl (C=O) groups excluding carboxylic acids is 1. The van der Waals surface area contributed by atoms with E-state index in [9.17, 15) is 9.18 Å². The lowest BCUT2D eigenvalue weighted by Gasteiger charge is -2.09. The lowest BCUT2D eigenvalue weighted by Crippen LogP contribution is -2.26. The second-order valence-corrected chi connectivity index (χ2v) is 4.97. The normalized spacial score (nSPS) is 10.1. The summed E-state index contributed by atoms with van der Waals surface area (Å²) in [5.41, 5.74) is 5.81. The van der Waals surface area contributed by atoms with Gasteiger partial charge in [0.15, 0.2) is 0 Å². The number of rotatable bonds is 6. The summed E-state index contributed by atoms with van der Waals surface area (Å²) in [7, 11) is 4.01. The van der Waals surface area contributed by atoms with Crippen molar-refractivity contribution in [3.63, 3.8) is 0 Å². The van der Waals surface area contributed by atoms with Crippen LogP contribution in [0.15, 0.2) is 18.2 Å². The van der Waals surface area contributed by atoms with Crippen molar-refractivity contribution in [2.45, 2.75) is 12.8 Å². The molecule has 3 N–H and O–H groups in total. The Morgan fingerprint density at radius 1 is 1.38 bits per heavy atom. The summed E-state index contributed by atoms with van der Waals surface area (Å²) >= 11 is 0. The number of halogens is 1. The summed E-state index contributed by atoms with van der Waals surface area (Å²) in [4.78, 5) is 14.0. The molecule has 5 heteroatoms. The molecule has 0 radical (unpaired) electrons. The zero-order chi connectivity index (χ0) is 15.7. The third-order valence-corrected chi connectivity index (χ3v) is 2.87. The first-order valence-electron chi connectivity index (χ1n) is 6.96. The summed E-state index contributed by atoms with van der Waals surface area (Å²) in [6, 6.07) is 4.32. The predicted octanol–water partition coefficient (Wildman–Crippen LogP) is 1.21. The number of benzene rings is 1. The summed E-state index contributed by atoms with van der Waals surface area (Å²) in [6.07, 6.45) is 1.86. The highest BCUT2D eigenvalue weighted by molar-refractivity contribution is 5.94. The third-order valence-electron chi connectivity index (χ3n) is 2.87. The summed E-state index contributed by atoms with van der Waals surface area (Å²) in [5, 5.41) is 2.72. The van der Waals surface area contributed by atoms with Crippen LogP contribution in [0.2, 0.25) is 0 Å². The van der Waals surface area contributed by atoms with Crippen LogP contribution >= 0.6 is 0 Å². The van der Waals surface area contributed by atoms with Gasteiger partial charge in [0.25, 0.3) is 5.91 Å². The number of carbonyl (C=O) groups is 1. The molecule has 0 aromatic heterocycles. The maximum absolute atomic E-state index is 13.8. The summed E-state index contributed by atoms with van der Waals surface area (Å²) < 4.78 is 13.8. The largest absolute Gasteiger partial charge is 0.352 e. The average Bonchev–Trinajstić information content (AvgIpc) is 2.44. The van der Waals surface area contributed by atoms with Crippen molar-refractivity contribution in [3.8, 4) is 11.8 Å². The van der Waals surface area contributed by atoms with Crippen LogP contribution in [0.3, 0.4) is 0 Å². The molecule has 1 amide bonds. The van der Waals surface area contributed by atoms with Crippen LogP contribution in [0.4, 0.5) is 4.39 Å². The Morgan fingerprint density at radius 3 is 2.76 bits per heavy atom. The SMILES string of the molecule is CN(C)CCCCNC(=O)c1ccc(C#CCN)cc1F. The first-order valence-corrected chi connectivity index (χ1v) is 6.96. The second-order valence-electron chi connectivity index (χ2n) is 4.97. The number of unbranched alkanes of at least 4 members (excludes halogenated alkanes) is 1. The highest BCUT2D eigenvalue weighted by Gasteiger charge is 2.11. The number of nitrogens with one attached hydrogen (secondary N) is 1. The molecule has 0 fully saturated rings. The molecular formula is C16H22FN3O. The molecule has 1 rings (SSSR count). The van der Waals surface area contributed by atoms with E-state index in [1.165, 1.54) is 12.1 Å². The fraction of sp³-hybridized carbons (Fsp3) is 0.438. The van der Waals surface area contributed by atoms with Crippen LogP contribution in [0.5, 0.6) is 0 Å². The van der Waals surface area contributed by atoms with Crippen molar-refractivity contribution in [1.29, 1.82) is 0 Å². The number of nitrogens with zero attached hydrogens (tertiary/aromatic N) is 1. The van der Waals surface area contributed by atoms with Gasteiger partial charge >= 0.3 is 0 Å². The van der Waals surface area contributed by atoms with Gasteiger partial charge in [0.1, 0.15) is 5.82 Å². The zero-order valence-corrected chi connectivity index (χ0v) is 12.6. The zero-order valence-electron chi connectivity index (χ0n) is 12.6. The lowest BCUT2D eigenvalue weighted by atomic mass is 10.1. The van der Waals surface area contributed by atoms with Crippen molar-refractivity contribution in [1.82, 2.24) is 10.2 Å². The fourth-order valence-corrected chi connectivity index (χ4v) is 1.78. The minimum Gasteiger partial charge on any atom is -0.352 e. The Bertz CT molecular complexity index is 532. The molecule has 114 valence electrons. The third kappa shape index (κ3) is 6.39. The molecule has 0 aliphatic heterocycles. The van der Waals surface area contributed by atoms with Gasteiger partial charge in [-0.3, -0.25) is 4.79 Å². The molecule has 0 spiro atoms. The lowest BCUT2D eigenvalue weighted by molar-refractivity contribution is 0.0949. The number of nitrogens with two attached hydrogens (primary N) is 1. The highest BCUT2D eigenvalue weighted by Crippen LogP contribution is 2.10. The minimum atomic E-state index is -0.565. The van der Waals surface area contributed by atoms with Gasteiger partial charge in [-0.05, 0) is 51.7 Å². The molecule has 0 atom stereocenters. The summed E-state index contributed by atoms with van der Waals surface area (Å²) in [6.45, 7) is 1.73. The van der Waals surface area contributed by atoms with Gasteiger partial charge in [0.05, 0.1) is 12.1 Å². The van der Waals surface area contributed by atoms with Crippen molar-refractivity contribution in [2.24, 2.45) is 5.73 Å². The van der Waals surface area contributed by atoms with E-state index in [2.05, 4.69) is 22.1 Å². The smallest absolute Gasteiger partial charge is 0.254 e. The molecule has 0 aliphatic carbocycles. The molecule has 1 aromatic rings. The van der Waals surface area contributed by atoms with Crippen LogP contribution in [0.1, 0.15) is 28.8 Å². The molecule has 0 heterocycles. The van der Waals surface area contributed by atoms with Gasteiger partial charge in [0, 0.05) is 12.1 Å². The van der Waals surface area contributed by atoms with Gasteiger partial charge in [-0.1, -0.05) is 11.8 Å². The first-order chi connectivity index (χ1) is 10.0. The first kappa shape index (κ1) is 17.2. The second kappa shape index (κ2) is 9.11. The van der Waals surface area contributed by atoms with E-state index in [0.717, 1.165) is 19.4 Å². The standard InChI is InChI=1S/C16H22FN3O/c1-20(2)11-4-3-10-19-16(21)14-8-7-13(6-5-9-18)12-15(14)17/h7-8,12H,3-4,9-11,18H2,1-2H3,(H,19,21). The highest BCUT2D eigenvalue weighted by atomic mass is 19.1. The Balaban J connectivity index is 2.51. The van der Waals surface area contributed by atoms with Crippen LogP contribution in [-0.4, -0.2) is 44.5 Å². The van der Waals surface area contributed by atoms with E-state index in [1.54, 1.807) is 6.07 Å². The molecule has 21 heavy (non-hydrogen) atoms. The number of amides is 1. The Hall–Kier alpha value is -1.90.